The van der Waals surface area contributed by atoms with Gasteiger partial charge in [0.15, 0.2) is 5.69 Å². The van der Waals surface area contributed by atoms with E-state index < -0.39 is 6.43 Å². The van der Waals surface area contributed by atoms with Gasteiger partial charge in [-0.05, 0) is 12.1 Å². The lowest BCUT2D eigenvalue weighted by atomic mass is 10.2. The highest BCUT2D eigenvalue weighted by atomic mass is 19.3. The highest BCUT2D eigenvalue weighted by Gasteiger charge is 2.16. The van der Waals surface area contributed by atoms with Gasteiger partial charge in [-0.15, -0.1) is 5.10 Å². The molecule has 0 unspecified atom stereocenters. The number of aromatic nitrogens is 6. The maximum atomic E-state index is 12.5. The van der Waals surface area contributed by atoms with E-state index >= 15 is 0 Å². The first kappa shape index (κ1) is 16.6. The van der Waals surface area contributed by atoms with Gasteiger partial charge in [0.1, 0.15) is 12.2 Å². The molecule has 0 spiro atoms. The van der Waals surface area contributed by atoms with Crippen molar-refractivity contribution in [1.82, 2.24) is 35.0 Å². The molecular weight excluding hydrogens is 336 g/mol. The van der Waals surface area contributed by atoms with E-state index in [1.54, 1.807) is 14.1 Å². The van der Waals surface area contributed by atoms with Crippen molar-refractivity contribution in [3.05, 3.63) is 30.2 Å². The third-order valence-corrected chi connectivity index (χ3v) is 3.25. The molecule has 0 aromatic carbocycles. The van der Waals surface area contributed by atoms with Gasteiger partial charge in [-0.25, -0.2) is 13.5 Å². The monoisotopic (exact) mass is 349 g/mol. The second-order valence-electron chi connectivity index (χ2n) is 5.29. The van der Waals surface area contributed by atoms with Gasteiger partial charge in [0.25, 0.3) is 12.3 Å². The number of likely N-dealkylation sites (N-methyl/N-ethyl adjacent to an activating group) is 1. The van der Waals surface area contributed by atoms with E-state index in [2.05, 4.69) is 25.4 Å². The maximum Gasteiger partial charge on any atom is 0.280 e. The summed E-state index contributed by atoms with van der Waals surface area (Å²) in [6.07, 6.45) is 0.0920. The fourth-order valence-corrected chi connectivity index (χ4v) is 1.87. The Labute approximate surface area is 140 Å². The number of carbonyl (C=O) groups excluding carboxylic acids is 1. The third kappa shape index (κ3) is 3.65. The number of amides is 1. The minimum absolute atomic E-state index is 0.0278. The Morgan fingerprint density at radius 2 is 2.16 bits per heavy atom. The average molecular weight is 349 g/mol. The Morgan fingerprint density at radius 1 is 1.36 bits per heavy atom. The second kappa shape index (κ2) is 6.71. The number of alkyl halides is 2. The summed E-state index contributed by atoms with van der Waals surface area (Å²) in [5.41, 5.74) is 0.387. The largest absolute Gasteiger partial charge is 0.347 e. The van der Waals surface area contributed by atoms with Crippen molar-refractivity contribution in [3.8, 4) is 23.0 Å². The van der Waals surface area contributed by atoms with E-state index in [0.717, 1.165) is 0 Å². The van der Waals surface area contributed by atoms with Crippen LogP contribution in [0.5, 0.6) is 0 Å². The van der Waals surface area contributed by atoms with Gasteiger partial charge in [0.05, 0.1) is 6.20 Å². The highest BCUT2D eigenvalue weighted by Crippen LogP contribution is 2.22. The number of hydrogen-bond donors (Lipinski definition) is 0. The summed E-state index contributed by atoms with van der Waals surface area (Å²) in [6.45, 7) is 0.0278. The molecule has 0 saturated carbocycles. The summed E-state index contributed by atoms with van der Waals surface area (Å²) in [6, 6.07) is 2.62. The molecule has 1 amide bonds. The molecule has 3 rings (SSSR count). The molecule has 0 saturated heterocycles. The Hall–Kier alpha value is -3.24. The second-order valence-corrected chi connectivity index (χ2v) is 5.29. The van der Waals surface area contributed by atoms with Crippen LogP contribution in [0.25, 0.3) is 23.0 Å². The van der Waals surface area contributed by atoms with Crippen LogP contribution in [0, 0.1) is 0 Å². The Morgan fingerprint density at radius 3 is 2.80 bits per heavy atom. The van der Waals surface area contributed by atoms with Crippen LogP contribution in [-0.4, -0.2) is 55.0 Å². The first-order valence-corrected chi connectivity index (χ1v) is 7.13. The molecule has 3 aromatic rings. The Kier molecular flexibility index (Phi) is 4.46. The van der Waals surface area contributed by atoms with Crippen molar-refractivity contribution in [2.24, 2.45) is 0 Å². The lowest BCUT2D eigenvalue weighted by molar-refractivity contribution is -0.129. The normalized spacial score (nSPS) is 11.1. The average Bonchev–Trinajstić information content (AvgIpc) is 3.23. The molecule has 130 valence electrons. The van der Waals surface area contributed by atoms with Crippen molar-refractivity contribution in [1.29, 1.82) is 0 Å². The quantitative estimate of drug-likeness (QED) is 0.686. The molecule has 0 fully saturated rings. The summed E-state index contributed by atoms with van der Waals surface area (Å²) in [5, 5.41) is 11.5. The fraction of sp³-hybridized carbons (Fsp3) is 0.286. The molecule has 0 aliphatic carbocycles. The zero-order valence-corrected chi connectivity index (χ0v) is 13.3. The summed E-state index contributed by atoms with van der Waals surface area (Å²) >= 11 is 0. The van der Waals surface area contributed by atoms with Gasteiger partial charge < -0.3 is 9.42 Å². The van der Waals surface area contributed by atoms with Crippen LogP contribution in [0.15, 0.2) is 29.0 Å². The van der Waals surface area contributed by atoms with Crippen molar-refractivity contribution in [2.45, 2.75) is 13.0 Å². The molecular formula is C14H13F2N7O2. The summed E-state index contributed by atoms with van der Waals surface area (Å²) in [4.78, 5) is 20.9. The number of carbonyl (C=O) groups is 1. The van der Waals surface area contributed by atoms with Gasteiger partial charge in [0, 0.05) is 25.9 Å². The zero-order valence-electron chi connectivity index (χ0n) is 13.3. The molecule has 25 heavy (non-hydrogen) atoms. The lowest BCUT2D eigenvalue weighted by Gasteiger charge is -2.08. The maximum absolute atomic E-state index is 12.5. The van der Waals surface area contributed by atoms with E-state index in [1.165, 1.54) is 34.1 Å². The topological polar surface area (TPSA) is 103 Å². The van der Waals surface area contributed by atoms with Crippen LogP contribution in [0.4, 0.5) is 8.78 Å². The van der Waals surface area contributed by atoms with E-state index in [0.29, 0.717) is 11.3 Å². The van der Waals surface area contributed by atoms with Crippen LogP contribution in [0.2, 0.25) is 0 Å². The lowest BCUT2D eigenvalue weighted by Crippen LogP contribution is -2.26. The number of pyridine rings is 1. The predicted molar refractivity (Wildman–Crippen MR) is 80.2 cm³/mol. The first-order chi connectivity index (χ1) is 11.9. The summed E-state index contributed by atoms with van der Waals surface area (Å²) in [7, 11) is 3.27. The first-order valence-electron chi connectivity index (χ1n) is 7.13. The van der Waals surface area contributed by atoms with Gasteiger partial charge in [-0.1, -0.05) is 10.4 Å². The van der Waals surface area contributed by atoms with Crippen molar-refractivity contribution < 1.29 is 18.1 Å². The molecule has 0 atom stereocenters. The molecule has 11 heteroatoms. The number of halogens is 2. The van der Waals surface area contributed by atoms with Gasteiger partial charge in [0.2, 0.25) is 11.7 Å². The van der Waals surface area contributed by atoms with E-state index in [4.69, 9.17) is 4.52 Å². The van der Waals surface area contributed by atoms with Gasteiger partial charge >= 0.3 is 0 Å². The zero-order chi connectivity index (χ0) is 18.0. The standard InChI is InChI=1S/C14H13F2N7O2/c1-22(2)11(24)7-23-6-10(19-21-23)14-18-13(20-25-14)8-3-4-9(12(15)16)17-5-8/h3-6,12H,7H2,1-2H3. The molecule has 3 heterocycles. The highest BCUT2D eigenvalue weighted by molar-refractivity contribution is 5.75. The molecule has 0 radical (unpaired) electrons. The third-order valence-electron chi connectivity index (χ3n) is 3.25. The van der Waals surface area contributed by atoms with E-state index in [-0.39, 0.29) is 29.9 Å². The summed E-state index contributed by atoms with van der Waals surface area (Å²) < 4.78 is 31.5. The molecule has 9 nitrogen and oxygen atoms in total. The smallest absolute Gasteiger partial charge is 0.280 e. The van der Waals surface area contributed by atoms with Gasteiger partial charge in [-0.2, -0.15) is 4.98 Å². The number of rotatable bonds is 5. The predicted octanol–water partition coefficient (Wildman–Crippen LogP) is 1.42. The Bertz CT molecular complexity index is 873. The van der Waals surface area contributed by atoms with Crippen LogP contribution >= 0.6 is 0 Å². The van der Waals surface area contributed by atoms with Crippen molar-refractivity contribution in [2.75, 3.05) is 14.1 Å². The van der Waals surface area contributed by atoms with Crippen molar-refractivity contribution in [3.63, 3.8) is 0 Å². The van der Waals surface area contributed by atoms with Gasteiger partial charge in [-0.3, -0.25) is 9.78 Å². The molecule has 3 aromatic heterocycles. The van der Waals surface area contributed by atoms with Crippen LogP contribution in [0.1, 0.15) is 12.1 Å². The number of nitrogens with zero attached hydrogens (tertiary/aromatic N) is 7. The molecule has 0 aliphatic heterocycles. The van der Waals surface area contributed by atoms with Crippen LogP contribution in [0.3, 0.4) is 0 Å². The number of hydrogen-bond acceptors (Lipinski definition) is 7. The van der Waals surface area contributed by atoms with Crippen LogP contribution in [-0.2, 0) is 11.3 Å². The van der Waals surface area contributed by atoms with Crippen molar-refractivity contribution >= 4 is 5.91 Å². The minimum atomic E-state index is -2.64. The fourth-order valence-electron chi connectivity index (χ4n) is 1.87. The van der Waals surface area contributed by atoms with Crippen LogP contribution < -0.4 is 0 Å². The molecule has 0 aliphatic rings. The SMILES string of the molecule is CN(C)C(=O)Cn1cc(-c2nc(-c3ccc(C(F)F)nc3)no2)nn1. The molecule has 0 N–H and O–H groups in total. The van der Waals surface area contributed by atoms with E-state index in [1.807, 2.05) is 0 Å². The minimum Gasteiger partial charge on any atom is -0.347 e. The summed E-state index contributed by atoms with van der Waals surface area (Å²) in [5.74, 6) is 0.131. The van der Waals surface area contributed by atoms with E-state index in [9.17, 15) is 13.6 Å². The Balaban J connectivity index is 1.77. The molecule has 0 bridgehead atoms.